The number of oxime groups is 1. The first kappa shape index (κ1) is 21.8. The number of rotatable bonds is 6. The molecule has 0 saturated carbocycles. The standard InChI is InChI=1S/C22H24N4O5/c1-14(25-31)16-8-5-9-17(12-16)24-22(30)23-13-20(27)26-18(10-11-19(26)21(28)29)15-6-3-2-4-7-15/h2-9,12,18-19,31H,10-11,13H2,1H3,(H,28,29)(H2,23,24,30)/t18?,19-/m0/s1. The number of carboxylic acids is 1. The Morgan fingerprint density at radius 3 is 2.52 bits per heavy atom. The molecule has 0 aromatic heterocycles. The van der Waals surface area contributed by atoms with Crippen molar-refractivity contribution >= 4 is 29.3 Å². The van der Waals surface area contributed by atoms with Gasteiger partial charge in [0.2, 0.25) is 5.91 Å². The van der Waals surface area contributed by atoms with Gasteiger partial charge in [-0.1, -0.05) is 47.6 Å². The van der Waals surface area contributed by atoms with Crippen LogP contribution in [0, 0.1) is 0 Å². The topological polar surface area (TPSA) is 131 Å². The number of hydrogen-bond donors (Lipinski definition) is 4. The number of carboxylic acid groups (broad SMARTS) is 1. The monoisotopic (exact) mass is 424 g/mol. The number of amides is 3. The Labute approximate surface area is 179 Å². The fourth-order valence-electron chi connectivity index (χ4n) is 3.71. The number of likely N-dealkylation sites (tertiary alicyclic amines) is 1. The van der Waals surface area contributed by atoms with Crippen molar-refractivity contribution < 1.29 is 24.7 Å². The minimum Gasteiger partial charge on any atom is -0.480 e. The molecule has 0 spiro atoms. The Hall–Kier alpha value is -3.88. The maximum Gasteiger partial charge on any atom is 0.326 e. The first-order chi connectivity index (χ1) is 14.9. The summed E-state index contributed by atoms with van der Waals surface area (Å²) in [6.07, 6.45) is 0.892. The van der Waals surface area contributed by atoms with Crippen molar-refractivity contribution in [1.29, 1.82) is 0 Å². The van der Waals surface area contributed by atoms with Crippen molar-refractivity contribution in [3.8, 4) is 0 Å². The van der Waals surface area contributed by atoms with Crippen LogP contribution in [0.3, 0.4) is 0 Å². The summed E-state index contributed by atoms with van der Waals surface area (Å²) in [5.41, 5.74) is 2.34. The minimum absolute atomic E-state index is 0.338. The molecule has 162 valence electrons. The lowest BCUT2D eigenvalue weighted by atomic mass is 10.0. The van der Waals surface area contributed by atoms with Gasteiger partial charge in [-0.15, -0.1) is 0 Å². The number of anilines is 1. The Kier molecular flexibility index (Phi) is 6.86. The summed E-state index contributed by atoms with van der Waals surface area (Å²) in [4.78, 5) is 38.1. The Bertz CT molecular complexity index is 992. The van der Waals surface area contributed by atoms with E-state index >= 15 is 0 Å². The van der Waals surface area contributed by atoms with E-state index in [1.54, 1.807) is 31.2 Å². The highest BCUT2D eigenvalue weighted by Crippen LogP contribution is 2.36. The summed E-state index contributed by atoms with van der Waals surface area (Å²) in [7, 11) is 0. The molecule has 1 saturated heterocycles. The van der Waals surface area contributed by atoms with E-state index in [0.29, 0.717) is 29.8 Å². The number of nitrogens with zero attached hydrogens (tertiary/aromatic N) is 2. The van der Waals surface area contributed by atoms with Gasteiger partial charge in [0.05, 0.1) is 18.3 Å². The predicted molar refractivity (Wildman–Crippen MR) is 114 cm³/mol. The van der Waals surface area contributed by atoms with E-state index in [9.17, 15) is 19.5 Å². The van der Waals surface area contributed by atoms with Crippen LogP contribution in [0.25, 0.3) is 0 Å². The van der Waals surface area contributed by atoms with E-state index in [4.69, 9.17) is 5.21 Å². The van der Waals surface area contributed by atoms with Crippen molar-refractivity contribution in [3.05, 3.63) is 65.7 Å². The molecule has 1 aliphatic rings. The molecule has 2 aromatic rings. The average Bonchev–Trinajstić information content (AvgIpc) is 3.23. The van der Waals surface area contributed by atoms with E-state index in [-0.39, 0.29) is 12.6 Å². The van der Waals surface area contributed by atoms with Gasteiger partial charge in [0.1, 0.15) is 6.04 Å². The number of carbonyl (C=O) groups is 3. The zero-order valence-electron chi connectivity index (χ0n) is 17.0. The van der Waals surface area contributed by atoms with Gasteiger partial charge in [0, 0.05) is 11.3 Å². The van der Waals surface area contributed by atoms with Gasteiger partial charge < -0.3 is 25.8 Å². The minimum atomic E-state index is -1.06. The number of aliphatic carboxylic acids is 1. The summed E-state index contributed by atoms with van der Waals surface area (Å²) in [5, 5.41) is 26.6. The molecule has 1 unspecified atom stereocenters. The van der Waals surface area contributed by atoms with E-state index in [1.807, 2.05) is 30.3 Å². The van der Waals surface area contributed by atoms with Gasteiger partial charge in [-0.05, 0) is 37.5 Å². The van der Waals surface area contributed by atoms with Crippen molar-refractivity contribution in [3.63, 3.8) is 0 Å². The van der Waals surface area contributed by atoms with E-state index in [1.165, 1.54) is 4.90 Å². The molecule has 3 amide bonds. The summed E-state index contributed by atoms with van der Waals surface area (Å²) >= 11 is 0. The summed E-state index contributed by atoms with van der Waals surface area (Å²) in [6, 6.07) is 14.1. The SMILES string of the molecule is CC(=NO)c1cccc(NC(=O)NCC(=O)N2C(c3ccccc3)CC[C@H]2C(=O)O)c1. The van der Waals surface area contributed by atoms with E-state index < -0.39 is 23.9 Å². The smallest absolute Gasteiger partial charge is 0.326 e. The largest absolute Gasteiger partial charge is 0.480 e. The molecule has 2 atom stereocenters. The molecule has 1 fully saturated rings. The van der Waals surface area contributed by atoms with Crippen molar-refractivity contribution in [2.75, 3.05) is 11.9 Å². The van der Waals surface area contributed by atoms with Crippen LogP contribution in [-0.2, 0) is 9.59 Å². The first-order valence-corrected chi connectivity index (χ1v) is 9.83. The highest BCUT2D eigenvalue weighted by Gasteiger charge is 2.41. The molecular weight excluding hydrogens is 400 g/mol. The molecule has 2 aromatic carbocycles. The molecule has 9 heteroatoms. The second kappa shape index (κ2) is 9.75. The highest BCUT2D eigenvalue weighted by atomic mass is 16.4. The third-order valence-electron chi connectivity index (χ3n) is 5.23. The van der Waals surface area contributed by atoms with E-state index in [0.717, 1.165) is 5.56 Å². The quantitative estimate of drug-likeness (QED) is 0.322. The molecule has 3 rings (SSSR count). The number of urea groups is 1. The van der Waals surface area contributed by atoms with Crippen LogP contribution >= 0.6 is 0 Å². The lowest BCUT2D eigenvalue weighted by molar-refractivity contribution is -0.149. The fourth-order valence-corrected chi connectivity index (χ4v) is 3.71. The van der Waals surface area contributed by atoms with Gasteiger partial charge in [-0.3, -0.25) is 4.79 Å². The van der Waals surface area contributed by atoms with Crippen molar-refractivity contribution in [1.82, 2.24) is 10.2 Å². The van der Waals surface area contributed by atoms with Crippen LogP contribution in [0.5, 0.6) is 0 Å². The van der Waals surface area contributed by atoms with Crippen LogP contribution in [0.15, 0.2) is 59.8 Å². The van der Waals surface area contributed by atoms with Gasteiger partial charge in [-0.25, -0.2) is 9.59 Å². The molecule has 0 aliphatic carbocycles. The summed E-state index contributed by atoms with van der Waals surface area (Å²) in [5.74, 6) is -1.53. The molecule has 4 N–H and O–H groups in total. The second-order valence-electron chi connectivity index (χ2n) is 7.23. The maximum atomic E-state index is 12.9. The molecule has 1 heterocycles. The lowest BCUT2D eigenvalue weighted by Crippen LogP contribution is -2.47. The Morgan fingerprint density at radius 1 is 1.10 bits per heavy atom. The molecular formula is C22H24N4O5. The van der Waals surface area contributed by atoms with E-state index in [2.05, 4.69) is 15.8 Å². The Morgan fingerprint density at radius 2 is 1.84 bits per heavy atom. The van der Waals surface area contributed by atoms with Crippen LogP contribution in [0.2, 0.25) is 0 Å². The number of nitrogens with one attached hydrogen (secondary N) is 2. The third kappa shape index (κ3) is 5.19. The number of carbonyl (C=O) groups excluding carboxylic acids is 2. The van der Waals surface area contributed by atoms with Crippen LogP contribution in [0.1, 0.15) is 36.9 Å². The maximum absolute atomic E-state index is 12.9. The van der Waals surface area contributed by atoms with Gasteiger partial charge in [0.15, 0.2) is 0 Å². The van der Waals surface area contributed by atoms with Gasteiger partial charge in [0.25, 0.3) is 0 Å². The normalized spacial score (nSPS) is 18.5. The fraction of sp³-hybridized carbons (Fsp3) is 0.273. The van der Waals surface area contributed by atoms with Crippen LogP contribution in [0.4, 0.5) is 10.5 Å². The predicted octanol–water partition coefficient (Wildman–Crippen LogP) is 2.82. The molecule has 1 aliphatic heterocycles. The highest BCUT2D eigenvalue weighted by molar-refractivity contribution is 6.00. The summed E-state index contributed by atoms with van der Waals surface area (Å²) in [6.45, 7) is 1.28. The number of benzene rings is 2. The summed E-state index contributed by atoms with van der Waals surface area (Å²) < 4.78 is 0. The molecule has 0 radical (unpaired) electrons. The lowest BCUT2D eigenvalue weighted by Gasteiger charge is -2.28. The van der Waals surface area contributed by atoms with Crippen molar-refractivity contribution in [2.45, 2.75) is 31.8 Å². The van der Waals surface area contributed by atoms with Crippen molar-refractivity contribution in [2.24, 2.45) is 5.16 Å². The van der Waals surface area contributed by atoms with Gasteiger partial charge >= 0.3 is 12.0 Å². The first-order valence-electron chi connectivity index (χ1n) is 9.83. The molecule has 9 nitrogen and oxygen atoms in total. The zero-order valence-corrected chi connectivity index (χ0v) is 17.0. The van der Waals surface area contributed by atoms with Gasteiger partial charge in [-0.2, -0.15) is 0 Å². The Balaban J connectivity index is 1.65. The number of hydrogen-bond acceptors (Lipinski definition) is 5. The second-order valence-corrected chi connectivity index (χ2v) is 7.23. The average molecular weight is 424 g/mol. The molecule has 0 bridgehead atoms. The van der Waals surface area contributed by atoms with Crippen LogP contribution < -0.4 is 10.6 Å². The third-order valence-corrected chi connectivity index (χ3v) is 5.23. The van der Waals surface area contributed by atoms with Crippen LogP contribution in [-0.4, -0.2) is 51.4 Å². The zero-order chi connectivity index (χ0) is 22.4. The molecule has 31 heavy (non-hydrogen) atoms.